The van der Waals surface area contributed by atoms with Crippen molar-refractivity contribution in [2.45, 2.75) is 31.4 Å². The fourth-order valence-electron chi connectivity index (χ4n) is 3.19. The van der Waals surface area contributed by atoms with Crippen LogP contribution in [0.3, 0.4) is 0 Å². The van der Waals surface area contributed by atoms with Gasteiger partial charge in [-0.3, -0.25) is 4.31 Å². The second-order valence-electron chi connectivity index (χ2n) is 5.97. The van der Waals surface area contributed by atoms with E-state index in [1.807, 2.05) is 18.2 Å². The fraction of sp³-hybridized carbons (Fsp3) is 0.533. The highest BCUT2D eigenvalue weighted by molar-refractivity contribution is 7.93. The average molecular weight is 356 g/mol. The molecule has 8 heteroatoms. The van der Waals surface area contributed by atoms with Gasteiger partial charge in [0.05, 0.1) is 41.0 Å². The Hall–Kier alpha value is -1.31. The molecule has 1 atom stereocenters. The number of anilines is 1. The molecular formula is C15H18ClN3O3S. The van der Waals surface area contributed by atoms with Crippen molar-refractivity contribution in [2.75, 3.05) is 23.2 Å². The van der Waals surface area contributed by atoms with Gasteiger partial charge >= 0.3 is 0 Å². The lowest BCUT2D eigenvalue weighted by Crippen LogP contribution is -2.31. The minimum Gasteiger partial charge on any atom is -0.376 e. The molecule has 2 aliphatic heterocycles. The summed E-state index contributed by atoms with van der Waals surface area (Å²) in [6.07, 6.45) is 1.93. The molecule has 0 amide bonds. The van der Waals surface area contributed by atoms with Crippen LogP contribution in [0.15, 0.2) is 18.2 Å². The van der Waals surface area contributed by atoms with Crippen molar-refractivity contribution < 1.29 is 13.2 Å². The standard InChI is InChI=1S/C15H18ClN3O3S/c16-9-15-17-13-8-11(19-5-1-7-23(19,20)21)2-3-14(13)18(15)10-12-4-6-22-12/h2-3,8,12H,1,4-7,9-10H2/t12-/m0/s1. The summed E-state index contributed by atoms with van der Waals surface area (Å²) in [5.74, 6) is 1.32. The van der Waals surface area contributed by atoms with Gasteiger partial charge in [-0.05, 0) is 31.0 Å². The Morgan fingerprint density at radius 3 is 2.83 bits per heavy atom. The highest BCUT2D eigenvalue weighted by atomic mass is 35.5. The van der Waals surface area contributed by atoms with Crippen LogP contribution in [-0.2, 0) is 27.2 Å². The van der Waals surface area contributed by atoms with Gasteiger partial charge in [0.2, 0.25) is 10.0 Å². The molecule has 2 saturated heterocycles. The van der Waals surface area contributed by atoms with E-state index >= 15 is 0 Å². The van der Waals surface area contributed by atoms with Gasteiger partial charge in [-0.15, -0.1) is 11.6 Å². The molecule has 0 aliphatic carbocycles. The number of ether oxygens (including phenoxy) is 1. The first-order chi connectivity index (χ1) is 11.1. The van der Waals surface area contributed by atoms with Crippen molar-refractivity contribution in [3.63, 3.8) is 0 Å². The average Bonchev–Trinajstić information content (AvgIpc) is 3.01. The molecule has 3 heterocycles. The van der Waals surface area contributed by atoms with Gasteiger partial charge in [-0.1, -0.05) is 0 Å². The molecule has 0 bridgehead atoms. The SMILES string of the molecule is O=S1(=O)CCCN1c1ccc2c(c1)nc(CCl)n2C[C@@H]1CCO1. The van der Waals surface area contributed by atoms with Gasteiger partial charge in [0, 0.05) is 13.2 Å². The summed E-state index contributed by atoms with van der Waals surface area (Å²) in [6.45, 7) is 2.08. The first-order valence-electron chi connectivity index (χ1n) is 7.75. The molecule has 6 nitrogen and oxygen atoms in total. The number of sulfonamides is 1. The lowest BCUT2D eigenvalue weighted by Gasteiger charge is -2.27. The van der Waals surface area contributed by atoms with Crippen LogP contribution in [0.4, 0.5) is 5.69 Å². The summed E-state index contributed by atoms with van der Waals surface area (Å²) in [5.41, 5.74) is 2.43. The van der Waals surface area contributed by atoms with Crippen molar-refractivity contribution in [1.82, 2.24) is 9.55 Å². The van der Waals surface area contributed by atoms with E-state index in [2.05, 4.69) is 9.55 Å². The van der Waals surface area contributed by atoms with E-state index < -0.39 is 10.0 Å². The lowest BCUT2D eigenvalue weighted by molar-refractivity contribution is -0.0589. The van der Waals surface area contributed by atoms with Crippen molar-refractivity contribution in [3.8, 4) is 0 Å². The molecule has 0 N–H and O–H groups in total. The van der Waals surface area contributed by atoms with Crippen LogP contribution in [0.5, 0.6) is 0 Å². The smallest absolute Gasteiger partial charge is 0.235 e. The number of hydrogen-bond donors (Lipinski definition) is 0. The third-order valence-corrected chi connectivity index (χ3v) is 6.61. The Morgan fingerprint density at radius 1 is 1.39 bits per heavy atom. The van der Waals surface area contributed by atoms with Crippen LogP contribution in [0.1, 0.15) is 18.7 Å². The van der Waals surface area contributed by atoms with Gasteiger partial charge in [0.25, 0.3) is 0 Å². The minimum absolute atomic E-state index is 0.214. The number of fused-ring (bicyclic) bond motifs is 1. The Morgan fingerprint density at radius 2 is 2.22 bits per heavy atom. The van der Waals surface area contributed by atoms with E-state index in [0.29, 0.717) is 24.5 Å². The number of benzene rings is 1. The maximum absolute atomic E-state index is 12.1. The maximum atomic E-state index is 12.1. The summed E-state index contributed by atoms with van der Waals surface area (Å²) in [5, 5.41) is 0. The number of nitrogens with zero attached hydrogens (tertiary/aromatic N) is 3. The maximum Gasteiger partial charge on any atom is 0.235 e. The Bertz CT molecular complexity index is 845. The molecule has 1 aromatic carbocycles. The molecule has 1 aromatic heterocycles. The van der Waals surface area contributed by atoms with E-state index in [9.17, 15) is 8.42 Å². The highest BCUT2D eigenvalue weighted by Gasteiger charge is 2.29. The fourth-order valence-corrected chi connectivity index (χ4v) is 4.95. The van der Waals surface area contributed by atoms with Crippen LogP contribution in [0.2, 0.25) is 0 Å². The first kappa shape index (κ1) is 15.2. The van der Waals surface area contributed by atoms with Crippen LogP contribution in [-0.4, -0.2) is 43.0 Å². The number of rotatable bonds is 4. The van der Waals surface area contributed by atoms with Gasteiger partial charge in [-0.2, -0.15) is 0 Å². The topological polar surface area (TPSA) is 64.4 Å². The van der Waals surface area contributed by atoms with Crippen molar-refractivity contribution in [2.24, 2.45) is 0 Å². The lowest BCUT2D eigenvalue weighted by atomic mass is 10.2. The molecule has 124 valence electrons. The van der Waals surface area contributed by atoms with E-state index in [4.69, 9.17) is 16.3 Å². The molecule has 4 rings (SSSR count). The summed E-state index contributed by atoms with van der Waals surface area (Å²) in [6, 6.07) is 5.62. The monoisotopic (exact) mass is 355 g/mol. The second kappa shape index (κ2) is 5.65. The Labute approximate surface area is 140 Å². The Kier molecular flexibility index (Phi) is 3.74. The quantitative estimate of drug-likeness (QED) is 0.788. The Balaban J connectivity index is 1.74. The highest BCUT2D eigenvalue weighted by Crippen LogP contribution is 2.29. The van der Waals surface area contributed by atoms with Crippen LogP contribution < -0.4 is 4.31 Å². The van der Waals surface area contributed by atoms with Crippen LogP contribution >= 0.6 is 11.6 Å². The van der Waals surface area contributed by atoms with E-state index in [1.54, 1.807) is 0 Å². The van der Waals surface area contributed by atoms with Gasteiger partial charge < -0.3 is 9.30 Å². The molecule has 0 unspecified atom stereocenters. The number of aromatic nitrogens is 2. The largest absolute Gasteiger partial charge is 0.376 e. The molecule has 23 heavy (non-hydrogen) atoms. The molecule has 0 saturated carbocycles. The molecule has 2 fully saturated rings. The number of hydrogen-bond acceptors (Lipinski definition) is 4. The molecule has 0 radical (unpaired) electrons. The zero-order valence-electron chi connectivity index (χ0n) is 12.6. The molecular weight excluding hydrogens is 338 g/mol. The third kappa shape index (κ3) is 2.60. The summed E-state index contributed by atoms with van der Waals surface area (Å²) in [4.78, 5) is 4.58. The predicted octanol–water partition coefficient (Wildman–Crippen LogP) is 2.10. The van der Waals surface area contributed by atoms with E-state index in [1.165, 1.54) is 4.31 Å². The first-order valence-corrected chi connectivity index (χ1v) is 9.90. The second-order valence-corrected chi connectivity index (χ2v) is 8.25. The number of imidazole rings is 1. The third-order valence-electron chi connectivity index (χ3n) is 4.50. The zero-order chi connectivity index (χ0) is 16.0. The summed E-state index contributed by atoms with van der Waals surface area (Å²) < 4.78 is 33.2. The summed E-state index contributed by atoms with van der Waals surface area (Å²) in [7, 11) is -3.18. The van der Waals surface area contributed by atoms with Gasteiger partial charge in [-0.25, -0.2) is 13.4 Å². The van der Waals surface area contributed by atoms with E-state index in [-0.39, 0.29) is 11.9 Å². The molecule has 2 aromatic rings. The normalized spacial score (nSPS) is 23.3. The molecule has 0 spiro atoms. The van der Waals surface area contributed by atoms with Crippen molar-refractivity contribution in [1.29, 1.82) is 0 Å². The van der Waals surface area contributed by atoms with Crippen molar-refractivity contribution in [3.05, 3.63) is 24.0 Å². The number of alkyl halides is 1. The van der Waals surface area contributed by atoms with Crippen molar-refractivity contribution >= 4 is 38.3 Å². The minimum atomic E-state index is -3.18. The van der Waals surface area contributed by atoms with Gasteiger partial charge in [0.1, 0.15) is 5.82 Å². The van der Waals surface area contributed by atoms with E-state index in [0.717, 1.165) is 36.4 Å². The summed E-state index contributed by atoms with van der Waals surface area (Å²) >= 11 is 6.03. The van der Waals surface area contributed by atoms with Crippen LogP contribution in [0.25, 0.3) is 11.0 Å². The van der Waals surface area contributed by atoms with Gasteiger partial charge in [0.15, 0.2) is 0 Å². The zero-order valence-corrected chi connectivity index (χ0v) is 14.2. The van der Waals surface area contributed by atoms with Crippen LogP contribution in [0, 0.1) is 0 Å². The molecule has 2 aliphatic rings. The predicted molar refractivity (Wildman–Crippen MR) is 89.4 cm³/mol. The number of halogens is 1.